The van der Waals surface area contributed by atoms with Crippen LogP contribution < -0.4 is 5.73 Å². The summed E-state index contributed by atoms with van der Waals surface area (Å²) >= 11 is 5.89. The summed E-state index contributed by atoms with van der Waals surface area (Å²) in [5, 5.41) is 0.673. The highest BCUT2D eigenvalue weighted by molar-refractivity contribution is 6.30. The SMILES string of the molecule is NC(=O)C1CCN(C(=O)OCCc2cccc(Cl)c2)CC1. The number of hydrogen-bond acceptors (Lipinski definition) is 3. The smallest absolute Gasteiger partial charge is 0.409 e. The minimum absolute atomic E-state index is 0.125. The molecule has 0 spiro atoms. The van der Waals surface area contributed by atoms with E-state index >= 15 is 0 Å². The van der Waals surface area contributed by atoms with Gasteiger partial charge in [-0.05, 0) is 30.5 Å². The summed E-state index contributed by atoms with van der Waals surface area (Å²) < 4.78 is 5.25. The summed E-state index contributed by atoms with van der Waals surface area (Å²) in [5.74, 6) is -0.413. The number of rotatable bonds is 4. The van der Waals surface area contributed by atoms with Gasteiger partial charge in [0.25, 0.3) is 0 Å². The summed E-state index contributed by atoms with van der Waals surface area (Å²) in [4.78, 5) is 24.6. The van der Waals surface area contributed by atoms with Crippen molar-refractivity contribution >= 4 is 23.6 Å². The van der Waals surface area contributed by atoms with Gasteiger partial charge in [-0.25, -0.2) is 4.79 Å². The zero-order chi connectivity index (χ0) is 15.2. The van der Waals surface area contributed by atoms with E-state index < -0.39 is 0 Å². The van der Waals surface area contributed by atoms with E-state index in [-0.39, 0.29) is 17.9 Å². The number of likely N-dealkylation sites (tertiary alicyclic amines) is 1. The van der Waals surface area contributed by atoms with Crippen LogP contribution in [0.3, 0.4) is 0 Å². The number of nitrogens with zero attached hydrogens (tertiary/aromatic N) is 1. The maximum absolute atomic E-state index is 11.9. The van der Waals surface area contributed by atoms with Gasteiger partial charge < -0.3 is 15.4 Å². The third kappa shape index (κ3) is 4.63. The lowest BCUT2D eigenvalue weighted by atomic mass is 9.97. The molecular weight excluding hydrogens is 292 g/mol. The molecule has 0 radical (unpaired) electrons. The molecule has 0 unspecified atom stereocenters. The van der Waals surface area contributed by atoms with Crippen molar-refractivity contribution in [3.63, 3.8) is 0 Å². The van der Waals surface area contributed by atoms with Gasteiger partial charge >= 0.3 is 6.09 Å². The molecule has 2 N–H and O–H groups in total. The van der Waals surface area contributed by atoms with Gasteiger partial charge in [0, 0.05) is 30.5 Å². The molecule has 6 heteroatoms. The second-order valence-electron chi connectivity index (χ2n) is 5.16. The highest BCUT2D eigenvalue weighted by Crippen LogP contribution is 2.17. The Morgan fingerprint density at radius 3 is 2.67 bits per heavy atom. The lowest BCUT2D eigenvalue weighted by Gasteiger charge is -2.29. The summed E-state index contributed by atoms with van der Waals surface area (Å²) in [5.41, 5.74) is 6.29. The monoisotopic (exact) mass is 310 g/mol. The fourth-order valence-electron chi connectivity index (χ4n) is 2.39. The zero-order valence-electron chi connectivity index (χ0n) is 11.8. The Morgan fingerprint density at radius 1 is 1.33 bits per heavy atom. The fraction of sp³-hybridized carbons (Fsp3) is 0.467. The van der Waals surface area contributed by atoms with Crippen LogP contribution in [0.2, 0.25) is 5.02 Å². The molecule has 2 amide bonds. The lowest BCUT2D eigenvalue weighted by molar-refractivity contribution is -0.123. The molecule has 1 heterocycles. The summed E-state index contributed by atoms with van der Waals surface area (Å²) in [7, 11) is 0. The van der Waals surface area contributed by atoms with Gasteiger partial charge in [0.05, 0.1) is 6.61 Å². The molecule has 0 aromatic heterocycles. The van der Waals surface area contributed by atoms with Gasteiger partial charge in [-0.2, -0.15) is 0 Å². The molecule has 1 aliphatic rings. The Morgan fingerprint density at radius 2 is 2.05 bits per heavy atom. The number of carbonyl (C=O) groups is 2. The van der Waals surface area contributed by atoms with Crippen LogP contribution in [-0.2, 0) is 16.0 Å². The average Bonchev–Trinajstić information content (AvgIpc) is 2.47. The van der Waals surface area contributed by atoms with Crippen molar-refractivity contribution in [1.29, 1.82) is 0 Å². The molecule has 21 heavy (non-hydrogen) atoms. The number of halogens is 1. The van der Waals surface area contributed by atoms with Crippen molar-refractivity contribution < 1.29 is 14.3 Å². The maximum Gasteiger partial charge on any atom is 0.409 e. The van der Waals surface area contributed by atoms with Gasteiger partial charge in [0.15, 0.2) is 0 Å². The number of ether oxygens (including phenoxy) is 1. The molecular formula is C15H19ClN2O3. The number of carbonyl (C=O) groups excluding carboxylic acids is 2. The standard InChI is InChI=1S/C15H19ClN2O3/c16-13-3-1-2-11(10-13)6-9-21-15(20)18-7-4-12(5-8-18)14(17)19/h1-3,10,12H,4-9H2,(H2,17,19). The van der Waals surface area contributed by atoms with Crippen molar-refractivity contribution in [2.45, 2.75) is 19.3 Å². The number of nitrogens with two attached hydrogens (primary N) is 1. The van der Waals surface area contributed by atoms with Crippen molar-refractivity contribution in [1.82, 2.24) is 4.90 Å². The number of benzene rings is 1. The predicted octanol–water partition coefficient (Wildman–Crippen LogP) is 2.22. The van der Waals surface area contributed by atoms with E-state index in [9.17, 15) is 9.59 Å². The van der Waals surface area contributed by atoms with Crippen LogP contribution in [0.1, 0.15) is 18.4 Å². The molecule has 1 aromatic rings. The van der Waals surface area contributed by atoms with Gasteiger partial charge in [0.1, 0.15) is 0 Å². The third-order valence-corrected chi connectivity index (χ3v) is 3.90. The summed E-state index contributed by atoms with van der Waals surface area (Å²) in [6.45, 7) is 1.35. The topological polar surface area (TPSA) is 72.6 Å². The largest absolute Gasteiger partial charge is 0.449 e. The Kier molecular flexibility index (Phi) is 5.44. The van der Waals surface area contributed by atoms with Gasteiger partial charge in [0.2, 0.25) is 5.91 Å². The quantitative estimate of drug-likeness (QED) is 0.926. The molecule has 0 bridgehead atoms. The molecule has 0 atom stereocenters. The Bertz CT molecular complexity index is 513. The van der Waals surface area contributed by atoms with E-state index in [1.807, 2.05) is 18.2 Å². The highest BCUT2D eigenvalue weighted by atomic mass is 35.5. The Balaban J connectivity index is 1.72. The third-order valence-electron chi connectivity index (χ3n) is 3.66. The van der Waals surface area contributed by atoms with E-state index in [2.05, 4.69) is 0 Å². The number of amides is 2. The molecule has 2 rings (SSSR count). The van der Waals surface area contributed by atoms with Crippen molar-refractivity contribution in [2.24, 2.45) is 11.7 Å². The highest BCUT2D eigenvalue weighted by Gasteiger charge is 2.26. The normalized spacial score (nSPS) is 15.8. The Hall–Kier alpha value is -1.75. The average molecular weight is 311 g/mol. The Labute approximate surface area is 129 Å². The van der Waals surface area contributed by atoms with E-state index in [0.29, 0.717) is 44.0 Å². The maximum atomic E-state index is 11.9. The first-order valence-electron chi connectivity index (χ1n) is 7.01. The zero-order valence-corrected chi connectivity index (χ0v) is 12.5. The van der Waals surface area contributed by atoms with Crippen LogP contribution in [0, 0.1) is 5.92 Å². The second kappa shape index (κ2) is 7.31. The van der Waals surface area contributed by atoms with Crippen molar-refractivity contribution in [3.8, 4) is 0 Å². The summed E-state index contributed by atoms with van der Waals surface area (Å²) in [6.07, 6.45) is 1.52. The van der Waals surface area contributed by atoms with E-state index in [0.717, 1.165) is 5.56 Å². The number of piperidine rings is 1. The van der Waals surface area contributed by atoms with Crippen LogP contribution in [-0.4, -0.2) is 36.6 Å². The minimum Gasteiger partial charge on any atom is -0.449 e. The van der Waals surface area contributed by atoms with E-state index in [1.54, 1.807) is 11.0 Å². The molecule has 0 saturated carbocycles. The molecule has 0 aliphatic carbocycles. The minimum atomic E-state index is -0.333. The molecule has 1 fully saturated rings. The van der Waals surface area contributed by atoms with Crippen LogP contribution in [0.5, 0.6) is 0 Å². The molecule has 1 saturated heterocycles. The number of hydrogen-bond donors (Lipinski definition) is 1. The second-order valence-corrected chi connectivity index (χ2v) is 5.59. The predicted molar refractivity (Wildman–Crippen MR) is 80.0 cm³/mol. The van der Waals surface area contributed by atoms with Crippen molar-refractivity contribution in [2.75, 3.05) is 19.7 Å². The fourth-order valence-corrected chi connectivity index (χ4v) is 2.60. The van der Waals surface area contributed by atoms with Crippen LogP contribution in [0.25, 0.3) is 0 Å². The van der Waals surface area contributed by atoms with E-state index in [1.165, 1.54) is 0 Å². The first kappa shape index (κ1) is 15.6. The number of primary amides is 1. The first-order chi connectivity index (χ1) is 10.1. The van der Waals surface area contributed by atoms with Crippen molar-refractivity contribution in [3.05, 3.63) is 34.9 Å². The van der Waals surface area contributed by atoms with Gasteiger partial charge in [-0.3, -0.25) is 4.79 Å². The van der Waals surface area contributed by atoms with Crippen LogP contribution >= 0.6 is 11.6 Å². The van der Waals surface area contributed by atoms with E-state index in [4.69, 9.17) is 22.1 Å². The summed E-state index contributed by atoms with van der Waals surface area (Å²) in [6, 6.07) is 7.47. The molecule has 1 aromatic carbocycles. The first-order valence-corrected chi connectivity index (χ1v) is 7.39. The van der Waals surface area contributed by atoms with Crippen LogP contribution in [0.4, 0.5) is 4.79 Å². The van der Waals surface area contributed by atoms with Crippen LogP contribution in [0.15, 0.2) is 24.3 Å². The lowest BCUT2D eigenvalue weighted by Crippen LogP contribution is -2.42. The van der Waals surface area contributed by atoms with Gasteiger partial charge in [-0.15, -0.1) is 0 Å². The molecule has 5 nitrogen and oxygen atoms in total. The molecule has 114 valence electrons. The molecule has 1 aliphatic heterocycles. The van der Waals surface area contributed by atoms with Gasteiger partial charge in [-0.1, -0.05) is 23.7 Å².